The smallest absolute Gasteiger partial charge is 0.246 e. The van der Waals surface area contributed by atoms with Gasteiger partial charge in [0.25, 0.3) is 0 Å². The number of benzene rings is 2. The van der Waals surface area contributed by atoms with Gasteiger partial charge >= 0.3 is 0 Å². The number of hydroxylamine groups is 1. The Kier molecular flexibility index (Phi) is 6.05. The van der Waals surface area contributed by atoms with Crippen LogP contribution in [0, 0.1) is 11.3 Å². The predicted molar refractivity (Wildman–Crippen MR) is 97.9 cm³/mol. The SMILES string of the molecule is C[C@@H](C(=O)NO)C(C)(C)CS(=O)(=O)c1ccc(Oc2ccccc2)cc1. The number of carbonyl (C=O) groups excluding carboxylic acids is 1. The van der Waals surface area contributed by atoms with E-state index in [1.54, 1.807) is 50.5 Å². The van der Waals surface area contributed by atoms with Crippen LogP contribution < -0.4 is 10.2 Å². The summed E-state index contributed by atoms with van der Waals surface area (Å²) < 4.78 is 31.1. The highest BCUT2D eigenvalue weighted by atomic mass is 32.2. The molecule has 0 spiro atoms. The van der Waals surface area contributed by atoms with Crippen molar-refractivity contribution in [2.75, 3.05) is 5.75 Å². The molecule has 0 aliphatic rings. The summed E-state index contributed by atoms with van der Waals surface area (Å²) in [6, 6.07) is 15.3. The second kappa shape index (κ2) is 7.88. The maximum Gasteiger partial charge on any atom is 0.246 e. The van der Waals surface area contributed by atoms with Crippen LogP contribution in [0.4, 0.5) is 0 Å². The summed E-state index contributed by atoms with van der Waals surface area (Å²) in [5.74, 6) is -0.330. The molecule has 7 heteroatoms. The third-order valence-electron chi connectivity index (χ3n) is 4.40. The molecule has 0 saturated carbocycles. The van der Waals surface area contributed by atoms with E-state index in [1.165, 1.54) is 12.1 Å². The molecule has 0 fully saturated rings. The molecule has 1 amide bonds. The standard InChI is InChI=1S/C19H23NO5S/c1-14(18(21)20-22)19(2,3)13-26(23,24)17-11-9-16(10-12-17)25-15-7-5-4-6-8-15/h4-12,14,22H,13H2,1-3H3,(H,20,21)/t14-/m0/s1. The van der Waals surface area contributed by atoms with Crippen LogP contribution >= 0.6 is 0 Å². The van der Waals surface area contributed by atoms with Crippen LogP contribution in [0.1, 0.15) is 20.8 Å². The molecule has 2 rings (SSSR count). The third kappa shape index (κ3) is 4.83. The normalized spacial score (nSPS) is 13.1. The fourth-order valence-corrected chi connectivity index (χ4v) is 4.44. The van der Waals surface area contributed by atoms with E-state index < -0.39 is 27.1 Å². The van der Waals surface area contributed by atoms with E-state index >= 15 is 0 Å². The molecule has 2 aromatic rings. The zero-order valence-electron chi connectivity index (χ0n) is 15.0. The maximum absolute atomic E-state index is 12.7. The molecule has 2 aromatic carbocycles. The lowest BCUT2D eigenvalue weighted by molar-refractivity contribution is -0.135. The van der Waals surface area contributed by atoms with Gasteiger partial charge < -0.3 is 4.74 Å². The van der Waals surface area contributed by atoms with Gasteiger partial charge in [0.1, 0.15) is 11.5 Å². The third-order valence-corrected chi connectivity index (χ3v) is 6.51. The summed E-state index contributed by atoms with van der Waals surface area (Å²) in [5, 5.41) is 8.77. The lowest BCUT2D eigenvalue weighted by Crippen LogP contribution is -2.40. The van der Waals surface area contributed by atoms with Gasteiger partial charge in [-0.15, -0.1) is 0 Å². The number of hydrogen-bond donors (Lipinski definition) is 2. The molecule has 0 aromatic heterocycles. The minimum Gasteiger partial charge on any atom is -0.457 e. The molecule has 0 radical (unpaired) electrons. The molecule has 140 valence electrons. The Labute approximate surface area is 153 Å². The van der Waals surface area contributed by atoms with E-state index in [0.29, 0.717) is 11.5 Å². The van der Waals surface area contributed by atoms with Crippen LogP contribution in [0.25, 0.3) is 0 Å². The number of nitrogens with one attached hydrogen (secondary N) is 1. The zero-order valence-corrected chi connectivity index (χ0v) is 15.8. The Hall–Kier alpha value is -2.38. The van der Waals surface area contributed by atoms with Crippen LogP contribution in [0.5, 0.6) is 11.5 Å². The van der Waals surface area contributed by atoms with Crippen molar-refractivity contribution in [2.24, 2.45) is 11.3 Å². The Morgan fingerprint density at radius 3 is 2.15 bits per heavy atom. The zero-order chi connectivity index (χ0) is 19.4. The average molecular weight is 377 g/mol. The van der Waals surface area contributed by atoms with Crippen molar-refractivity contribution in [3.63, 3.8) is 0 Å². The van der Waals surface area contributed by atoms with Gasteiger partial charge in [-0.1, -0.05) is 39.0 Å². The number of para-hydroxylation sites is 1. The van der Waals surface area contributed by atoms with Crippen LogP contribution in [-0.2, 0) is 14.6 Å². The summed E-state index contributed by atoms with van der Waals surface area (Å²) in [5.41, 5.74) is 0.720. The number of hydrogen-bond acceptors (Lipinski definition) is 5. The van der Waals surface area contributed by atoms with Crippen molar-refractivity contribution >= 4 is 15.7 Å². The summed E-state index contributed by atoms with van der Waals surface area (Å²) in [6.07, 6.45) is 0. The van der Waals surface area contributed by atoms with Crippen molar-refractivity contribution in [1.82, 2.24) is 5.48 Å². The number of carbonyl (C=O) groups is 1. The fraction of sp³-hybridized carbons (Fsp3) is 0.316. The highest BCUT2D eigenvalue weighted by molar-refractivity contribution is 7.91. The number of rotatable bonds is 7. The van der Waals surface area contributed by atoms with Crippen LogP contribution in [0.15, 0.2) is 59.5 Å². The van der Waals surface area contributed by atoms with Gasteiger partial charge in [0.2, 0.25) is 5.91 Å². The van der Waals surface area contributed by atoms with E-state index in [0.717, 1.165) is 0 Å². The number of amides is 1. The van der Waals surface area contributed by atoms with E-state index in [4.69, 9.17) is 9.94 Å². The van der Waals surface area contributed by atoms with Crippen molar-refractivity contribution in [2.45, 2.75) is 25.7 Å². The number of ether oxygens (including phenoxy) is 1. The first-order chi connectivity index (χ1) is 12.2. The van der Waals surface area contributed by atoms with Crippen molar-refractivity contribution < 1.29 is 23.2 Å². The average Bonchev–Trinajstić information content (AvgIpc) is 2.61. The molecule has 0 heterocycles. The quantitative estimate of drug-likeness (QED) is 0.570. The van der Waals surface area contributed by atoms with Crippen molar-refractivity contribution in [3.05, 3.63) is 54.6 Å². The van der Waals surface area contributed by atoms with Crippen LogP contribution in [0.2, 0.25) is 0 Å². The monoisotopic (exact) mass is 377 g/mol. The van der Waals surface area contributed by atoms with E-state index in [9.17, 15) is 13.2 Å². The van der Waals surface area contributed by atoms with E-state index in [1.807, 2.05) is 18.2 Å². The van der Waals surface area contributed by atoms with Gasteiger partial charge in [0, 0.05) is 5.92 Å². The fourth-order valence-electron chi connectivity index (χ4n) is 2.49. The van der Waals surface area contributed by atoms with Gasteiger partial charge in [0.05, 0.1) is 10.6 Å². The molecule has 0 aliphatic heterocycles. The van der Waals surface area contributed by atoms with Gasteiger partial charge in [-0.25, -0.2) is 13.9 Å². The van der Waals surface area contributed by atoms with E-state index in [2.05, 4.69) is 0 Å². The molecule has 0 unspecified atom stereocenters. The summed E-state index contributed by atoms with van der Waals surface area (Å²) in [6.45, 7) is 4.94. The van der Waals surface area contributed by atoms with Crippen molar-refractivity contribution in [1.29, 1.82) is 0 Å². The Bertz CT molecular complexity index is 845. The maximum atomic E-state index is 12.7. The molecule has 26 heavy (non-hydrogen) atoms. The van der Waals surface area contributed by atoms with E-state index in [-0.39, 0.29) is 10.6 Å². The van der Waals surface area contributed by atoms with Crippen LogP contribution in [-0.4, -0.2) is 25.3 Å². The van der Waals surface area contributed by atoms with Crippen LogP contribution in [0.3, 0.4) is 0 Å². The summed E-state index contributed by atoms with van der Waals surface area (Å²) in [4.78, 5) is 11.8. The van der Waals surface area contributed by atoms with Gasteiger partial charge in [0.15, 0.2) is 9.84 Å². The molecule has 0 bridgehead atoms. The predicted octanol–water partition coefficient (Wildman–Crippen LogP) is 3.42. The molecular weight excluding hydrogens is 354 g/mol. The molecular formula is C19H23NO5S. The molecule has 0 aliphatic carbocycles. The minimum atomic E-state index is -3.61. The molecule has 6 nitrogen and oxygen atoms in total. The highest BCUT2D eigenvalue weighted by Gasteiger charge is 2.36. The first-order valence-corrected chi connectivity index (χ1v) is 9.80. The lowest BCUT2D eigenvalue weighted by Gasteiger charge is -2.29. The Morgan fingerprint density at radius 2 is 1.62 bits per heavy atom. The largest absolute Gasteiger partial charge is 0.457 e. The highest BCUT2D eigenvalue weighted by Crippen LogP contribution is 2.31. The van der Waals surface area contributed by atoms with Gasteiger partial charge in [-0.3, -0.25) is 10.0 Å². The second-order valence-corrected chi connectivity index (χ2v) is 8.82. The Balaban J connectivity index is 2.15. The minimum absolute atomic E-state index is 0.155. The first-order valence-electron chi connectivity index (χ1n) is 8.15. The molecule has 1 atom stereocenters. The molecule has 2 N–H and O–H groups in total. The van der Waals surface area contributed by atoms with Crippen molar-refractivity contribution in [3.8, 4) is 11.5 Å². The second-order valence-electron chi connectivity index (χ2n) is 6.83. The van der Waals surface area contributed by atoms with Gasteiger partial charge in [-0.2, -0.15) is 0 Å². The van der Waals surface area contributed by atoms with Gasteiger partial charge in [-0.05, 0) is 41.8 Å². The number of sulfone groups is 1. The summed E-state index contributed by atoms with van der Waals surface area (Å²) in [7, 11) is -3.61. The topological polar surface area (TPSA) is 92.7 Å². The molecule has 0 saturated heterocycles. The lowest BCUT2D eigenvalue weighted by atomic mass is 9.81. The Morgan fingerprint density at radius 1 is 1.08 bits per heavy atom. The summed E-state index contributed by atoms with van der Waals surface area (Å²) >= 11 is 0. The first kappa shape index (κ1) is 19.9.